The number of rotatable bonds is 6. The number of carbonyl (C=O) groups is 2. The Morgan fingerprint density at radius 3 is 2.40 bits per heavy atom. The molecule has 1 amide bonds. The van der Waals surface area contributed by atoms with Crippen molar-refractivity contribution >= 4 is 29.2 Å². The first-order chi connectivity index (χ1) is 14.1. The molecule has 0 aliphatic rings. The normalized spacial score (nSPS) is 11.3. The molecule has 0 atom stereocenters. The number of carboxylic acid groups (broad SMARTS) is 1. The van der Waals surface area contributed by atoms with Crippen LogP contribution in [0.25, 0.3) is 5.69 Å². The number of aliphatic carboxylic acids is 1. The molecular formula is C23H24ClN3O3. The molecule has 156 valence electrons. The third-order valence-corrected chi connectivity index (χ3v) is 4.93. The number of hydrogen-bond donors (Lipinski definition) is 2. The minimum Gasteiger partial charge on any atom is -0.481 e. The van der Waals surface area contributed by atoms with E-state index in [2.05, 4.69) is 31.2 Å². The molecule has 0 aliphatic carbocycles. The molecule has 0 radical (unpaired) electrons. The van der Waals surface area contributed by atoms with E-state index >= 15 is 0 Å². The summed E-state index contributed by atoms with van der Waals surface area (Å²) in [6, 6.07) is 16.6. The zero-order valence-electron chi connectivity index (χ0n) is 17.1. The van der Waals surface area contributed by atoms with Gasteiger partial charge in [-0.2, -0.15) is 5.10 Å². The molecule has 0 saturated carbocycles. The summed E-state index contributed by atoms with van der Waals surface area (Å²) in [6.45, 7) is 6.20. The van der Waals surface area contributed by atoms with Crippen molar-refractivity contribution in [3.8, 4) is 5.69 Å². The highest BCUT2D eigenvalue weighted by Crippen LogP contribution is 2.28. The van der Waals surface area contributed by atoms with Gasteiger partial charge in [0.05, 0.1) is 22.1 Å². The molecule has 0 spiro atoms. The van der Waals surface area contributed by atoms with Crippen molar-refractivity contribution in [2.45, 2.75) is 39.0 Å². The zero-order chi connectivity index (χ0) is 21.9. The van der Waals surface area contributed by atoms with Crippen LogP contribution in [0.5, 0.6) is 0 Å². The summed E-state index contributed by atoms with van der Waals surface area (Å²) in [6.07, 6.45) is 0.397. The molecule has 30 heavy (non-hydrogen) atoms. The number of carbonyl (C=O) groups excluding carboxylic acids is 1. The van der Waals surface area contributed by atoms with E-state index < -0.39 is 5.97 Å². The number of hydrogen-bond acceptors (Lipinski definition) is 3. The Bertz CT molecular complexity index is 1070. The van der Waals surface area contributed by atoms with Crippen LogP contribution in [-0.4, -0.2) is 26.8 Å². The first kappa shape index (κ1) is 21.6. The van der Waals surface area contributed by atoms with Gasteiger partial charge in [0, 0.05) is 11.8 Å². The highest BCUT2D eigenvalue weighted by atomic mass is 35.5. The van der Waals surface area contributed by atoms with E-state index in [9.17, 15) is 9.59 Å². The minimum absolute atomic E-state index is 0.0224. The van der Waals surface area contributed by atoms with Gasteiger partial charge >= 0.3 is 5.97 Å². The number of amides is 1. The molecule has 0 saturated heterocycles. The predicted octanol–water partition coefficient (Wildman–Crippen LogP) is 5.09. The number of aromatic nitrogens is 2. The van der Waals surface area contributed by atoms with E-state index in [4.69, 9.17) is 16.7 Å². The number of carboxylic acids is 1. The lowest BCUT2D eigenvalue weighted by atomic mass is 9.91. The molecule has 0 unspecified atom stereocenters. The summed E-state index contributed by atoms with van der Waals surface area (Å²) in [5.41, 5.74) is 3.10. The highest BCUT2D eigenvalue weighted by molar-refractivity contribution is 6.34. The van der Waals surface area contributed by atoms with Crippen molar-refractivity contribution in [1.29, 1.82) is 0 Å². The number of halogens is 1. The van der Waals surface area contributed by atoms with Crippen LogP contribution in [0, 0.1) is 0 Å². The smallest absolute Gasteiger partial charge is 0.303 e. The van der Waals surface area contributed by atoms with Crippen molar-refractivity contribution in [2.75, 3.05) is 5.32 Å². The van der Waals surface area contributed by atoms with Crippen LogP contribution in [-0.2, 0) is 16.6 Å². The van der Waals surface area contributed by atoms with Crippen molar-refractivity contribution < 1.29 is 14.7 Å². The zero-order valence-corrected chi connectivity index (χ0v) is 17.9. The van der Waals surface area contributed by atoms with E-state index in [0.29, 0.717) is 17.1 Å². The molecule has 2 N–H and O–H groups in total. The summed E-state index contributed by atoms with van der Waals surface area (Å²) in [7, 11) is 0. The molecule has 1 aromatic heterocycles. The maximum absolute atomic E-state index is 12.9. The van der Waals surface area contributed by atoms with Gasteiger partial charge in [0.25, 0.3) is 5.91 Å². The van der Waals surface area contributed by atoms with Crippen LogP contribution in [0.3, 0.4) is 0 Å². The Kier molecular flexibility index (Phi) is 6.27. The molecule has 0 aliphatic heterocycles. The fourth-order valence-electron chi connectivity index (χ4n) is 3.05. The van der Waals surface area contributed by atoms with E-state index in [1.807, 2.05) is 30.3 Å². The second kappa shape index (κ2) is 8.71. The molecule has 1 heterocycles. The lowest BCUT2D eigenvalue weighted by Crippen LogP contribution is -2.17. The van der Waals surface area contributed by atoms with E-state index in [1.54, 1.807) is 28.9 Å². The maximum Gasteiger partial charge on any atom is 0.303 e. The molecule has 6 nitrogen and oxygen atoms in total. The molecule has 0 fully saturated rings. The summed E-state index contributed by atoms with van der Waals surface area (Å²) in [4.78, 5) is 23.6. The van der Waals surface area contributed by atoms with Crippen LogP contribution in [0.15, 0.2) is 54.6 Å². The molecule has 3 rings (SSSR count). The van der Waals surface area contributed by atoms with Crippen molar-refractivity contribution in [3.63, 3.8) is 0 Å². The number of para-hydroxylation sites is 1. The van der Waals surface area contributed by atoms with Crippen molar-refractivity contribution in [1.82, 2.24) is 9.78 Å². The average Bonchev–Trinajstić information content (AvgIpc) is 3.15. The Balaban J connectivity index is 1.85. The van der Waals surface area contributed by atoms with Crippen LogP contribution in [0.1, 0.15) is 48.9 Å². The molecule has 3 aromatic rings. The van der Waals surface area contributed by atoms with Crippen LogP contribution in [0.4, 0.5) is 5.69 Å². The lowest BCUT2D eigenvalue weighted by Gasteiger charge is -2.20. The number of aryl methyl sites for hydroxylation is 1. The third kappa shape index (κ3) is 5.07. The van der Waals surface area contributed by atoms with E-state index in [-0.39, 0.29) is 23.4 Å². The first-order valence-electron chi connectivity index (χ1n) is 9.62. The van der Waals surface area contributed by atoms with Crippen LogP contribution in [0.2, 0.25) is 5.02 Å². The van der Waals surface area contributed by atoms with Gasteiger partial charge in [-0.15, -0.1) is 0 Å². The van der Waals surface area contributed by atoms with Gasteiger partial charge in [-0.3, -0.25) is 9.59 Å². The summed E-state index contributed by atoms with van der Waals surface area (Å²) < 4.78 is 1.78. The average molecular weight is 426 g/mol. The Morgan fingerprint density at radius 2 is 1.80 bits per heavy atom. The SMILES string of the molecule is CC(C)(C)c1cc(C(=O)Nc2ccc(CCC(=O)O)cc2Cl)nn1-c1ccccc1. The second-order valence-electron chi connectivity index (χ2n) is 8.07. The number of anilines is 1. The van der Waals surface area contributed by atoms with Gasteiger partial charge in [-0.25, -0.2) is 4.68 Å². The fraction of sp³-hybridized carbons (Fsp3) is 0.261. The summed E-state index contributed by atoms with van der Waals surface area (Å²) in [5, 5.41) is 16.5. The van der Waals surface area contributed by atoms with Gasteiger partial charge in [0.1, 0.15) is 0 Å². The van der Waals surface area contributed by atoms with Gasteiger partial charge < -0.3 is 10.4 Å². The van der Waals surface area contributed by atoms with Gasteiger partial charge in [-0.1, -0.05) is 56.6 Å². The van der Waals surface area contributed by atoms with E-state index in [0.717, 1.165) is 16.9 Å². The number of nitrogens with zero attached hydrogens (tertiary/aromatic N) is 2. The number of benzene rings is 2. The first-order valence-corrected chi connectivity index (χ1v) is 10.0. The Morgan fingerprint density at radius 1 is 1.10 bits per heavy atom. The van der Waals surface area contributed by atoms with E-state index in [1.165, 1.54) is 0 Å². The lowest BCUT2D eigenvalue weighted by molar-refractivity contribution is -0.136. The monoisotopic (exact) mass is 425 g/mol. The maximum atomic E-state index is 12.9. The van der Waals surface area contributed by atoms with Crippen LogP contribution < -0.4 is 5.32 Å². The molecular weight excluding hydrogens is 402 g/mol. The Hall–Kier alpha value is -3.12. The van der Waals surface area contributed by atoms with Crippen molar-refractivity contribution in [3.05, 3.63) is 76.6 Å². The topological polar surface area (TPSA) is 84.2 Å². The summed E-state index contributed by atoms with van der Waals surface area (Å²) in [5.74, 6) is -1.23. The second-order valence-corrected chi connectivity index (χ2v) is 8.48. The third-order valence-electron chi connectivity index (χ3n) is 4.62. The van der Waals surface area contributed by atoms with Gasteiger partial charge in [-0.05, 0) is 42.3 Å². The Labute approximate surface area is 180 Å². The predicted molar refractivity (Wildman–Crippen MR) is 118 cm³/mol. The molecule has 0 bridgehead atoms. The quantitative estimate of drug-likeness (QED) is 0.575. The fourth-order valence-corrected chi connectivity index (χ4v) is 3.30. The van der Waals surface area contributed by atoms with Gasteiger partial charge in [0.2, 0.25) is 0 Å². The number of nitrogens with one attached hydrogen (secondary N) is 1. The van der Waals surface area contributed by atoms with Gasteiger partial charge in [0.15, 0.2) is 5.69 Å². The largest absolute Gasteiger partial charge is 0.481 e. The van der Waals surface area contributed by atoms with Crippen LogP contribution >= 0.6 is 11.6 Å². The van der Waals surface area contributed by atoms with Crippen molar-refractivity contribution in [2.24, 2.45) is 0 Å². The highest BCUT2D eigenvalue weighted by Gasteiger charge is 2.24. The standard InChI is InChI=1S/C23H24ClN3O3/c1-23(2,3)20-14-19(26-27(20)16-7-5-4-6-8-16)22(30)25-18-11-9-15(13-17(18)24)10-12-21(28)29/h4-9,11,13-14H,10,12H2,1-3H3,(H,25,30)(H,28,29). The minimum atomic E-state index is -0.868. The summed E-state index contributed by atoms with van der Waals surface area (Å²) >= 11 is 6.29. The molecule has 7 heteroatoms. The molecule has 2 aromatic carbocycles.